The SMILES string of the molecule is COc1ccccc1OCC(=O)NC(=S)Nc1ccc(C)c(C)c1. The minimum absolute atomic E-state index is 0.158. The van der Waals surface area contributed by atoms with Gasteiger partial charge in [-0.25, -0.2) is 0 Å². The number of thiocarbonyl (C=S) groups is 1. The Labute approximate surface area is 147 Å². The van der Waals surface area contributed by atoms with Gasteiger partial charge in [0, 0.05) is 5.69 Å². The predicted molar refractivity (Wildman–Crippen MR) is 98.8 cm³/mol. The molecule has 126 valence electrons. The highest BCUT2D eigenvalue weighted by Crippen LogP contribution is 2.25. The van der Waals surface area contributed by atoms with Crippen LogP contribution in [0.25, 0.3) is 0 Å². The van der Waals surface area contributed by atoms with E-state index in [0.29, 0.717) is 11.5 Å². The Morgan fingerprint density at radius 3 is 2.46 bits per heavy atom. The summed E-state index contributed by atoms with van der Waals surface area (Å²) in [4.78, 5) is 11.9. The average molecular weight is 344 g/mol. The first-order valence-electron chi connectivity index (χ1n) is 7.43. The molecule has 0 aliphatic rings. The van der Waals surface area contributed by atoms with Crippen LogP contribution in [-0.2, 0) is 4.79 Å². The first-order chi connectivity index (χ1) is 11.5. The van der Waals surface area contributed by atoms with Crippen LogP contribution >= 0.6 is 12.2 Å². The predicted octanol–water partition coefficient (Wildman–Crippen LogP) is 3.20. The quantitative estimate of drug-likeness (QED) is 0.816. The number of carbonyl (C=O) groups excluding carboxylic acids is 1. The Morgan fingerprint density at radius 1 is 1.08 bits per heavy atom. The molecule has 0 saturated carbocycles. The standard InChI is InChI=1S/C18H20N2O3S/c1-12-8-9-14(10-13(12)2)19-18(24)20-17(21)11-23-16-7-5-4-6-15(16)22-3/h4-10H,11H2,1-3H3,(H2,19,20,21,24). The molecular weight excluding hydrogens is 324 g/mol. The lowest BCUT2D eigenvalue weighted by Gasteiger charge is -2.12. The van der Waals surface area contributed by atoms with Crippen LogP contribution in [0, 0.1) is 13.8 Å². The van der Waals surface area contributed by atoms with Gasteiger partial charge in [0.25, 0.3) is 5.91 Å². The van der Waals surface area contributed by atoms with Gasteiger partial charge in [0.15, 0.2) is 23.2 Å². The monoisotopic (exact) mass is 344 g/mol. The van der Waals surface area contributed by atoms with E-state index in [9.17, 15) is 4.79 Å². The van der Waals surface area contributed by atoms with Crippen molar-refractivity contribution in [3.05, 3.63) is 53.6 Å². The molecule has 0 spiro atoms. The zero-order valence-corrected chi connectivity index (χ0v) is 14.7. The molecule has 6 heteroatoms. The van der Waals surface area contributed by atoms with Gasteiger partial charge >= 0.3 is 0 Å². The molecule has 1 amide bonds. The largest absolute Gasteiger partial charge is 0.493 e. The summed E-state index contributed by atoms with van der Waals surface area (Å²) in [6, 6.07) is 13.0. The lowest BCUT2D eigenvalue weighted by Crippen LogP contribution is -2.37. The van der Waals surface area contributed by atoms with E-state index in [0.717, 1.165) is 11.3 Å². The third-order valence-corrected chi connectivity index (χ3v) is 3.65. The molecule has 0 bridgehead atoms. The summed E-state index contributed by atoms with van der Waals surface area (Å²) >= 11 is 5.14. The molecule has 2 N–H and O–H groups in total. The molecule has 2 aromatic rings. The van der Waals surface area contributed by atoms with E-state index in [1.165, 1.54) is 5.56 Å². The van der Waals surface area contributed by atoms with E-state index >= 15 is 0 Å². The van der Waals surface area contributed by atoms with E-state index in [1.807, 2.05) is 44.2 Å². The van der Waals surface area contributed by atoms with Gasteiger partial charge in [-0.05, 0) is 61.5 Å². The molecule has 0 fully saturated rings. The van der Waals surface area contributed by atoms with Crippen LogP contribution in [0.4, 0.5) is 5.69 Å². The summed E-state index contributed by atoms with van der Waals surface area (Å²) < 4.78 is 10.6. The van der Waals surface area contributed by atoms with Crippen molar-refractivity contribution in [2.24, 2.45) is 0 Å². The average Bonchev–Trinajstić information content (AvgIpc) is 2.56. The summed E-state index contributed by atoms with van der Waals surface area (Å²) in [5, 5.41) is 5.80. The van der Waals surface area contributed by atoms with Gasteiger partial charge in [-0.15, -0.1) is 0 Å². The summed E-state index contributed by atoms with van der Waals surface area (Å²) in [6.45, 7) is 3.90. The van der Waals surface area contributed by atoms with Crippen molar-refractivity contribution in [1.29, 1.82) is 0 Å². The van der Waals surface area contributed by atoms with E-state index < -0.39 is 0 Å². The molecule has 0 heterocycles. The van der Waals surface area contributed by atoms with Crippen LogP contribution in [0.1, 0.15) is 11.1 Å². The van der Waals surface area contributed by atoms with E-state index in [1.54, 1.807) is 19.2 Å². The van der Waals surface area contributed by atoms with Gasteiger partial charge in [0.05, 0.1) is 7.11 Å². The highest BCUT2D eigenvalue weighted by Gasteiger charge is 2.09. The van der Waals surface area contributed by atoms with Gasteiger partial charge in [-0.2, -0.15) is 0 Å². The minimum atomic E-state index is -0.345. The number of ether oxygens (including phenoxy) is 2. The Morgan fingerprint density at radius 2 is 1.79 bits per heavy atom. The second-order valence-corrected chi connectivity index (χ2v) is 5.65. The van der Waals surface area contributed by atoms with Gasteiger partial charge < -0.3 is 14.8 Å². The van der Waals surface area contributed by atoms with Crippen LogP contribution in [0.15, 0.2) is 42.5 Å². The van der Waals surface area contributed by atoms with Crippen LogP contribution in [0.5, 0.6) is 11.5 Å². The van der Waals surface area contributed by atoms with Crippen molar-refractivity contribution in [2.75, 3.05) is 19.0 Å². The van der Waals surface area contributed by atoms with Crippen molar-refractivity contribution in [2.45, 2.75) is 13.8 Å². The maximum absolute atomic E-state index is 11.9. The third kappa shape index (κ3) is 4.96. The van der Waals surface area contributed by atoms with Crippen molar-refractivity contribution in [3.63, 3.8) is 0 Å². The molecule has 0 saturated heterocycles. The van der Waals surface area contributed by atoms with Crippen LogP contribution in [0.2, 0.25) is 0 Å². The van der Waals surface area contributed by atoms with Gasteiger partial charge in [0.1, 0.15) is 0 Å². The normalized spacial score (nSPS) is 9.96. The molecular formula is C18H20N2O3S. The molecule has 0 unspecified atom stereocenters. The second-order valence-electron chi connectivity index (χ2n) is 5.24. The highest BCUT2D eigenvalue weighted by molar-refractivity contribution is 7.80. The molecule has 0 radical (unpaired) electrons. The van der Waals surface area contributed by atoms with Gasteiger partial charge in [0.2, 0.25) is 0 Å². The Bertz CT molecular complexity index is 747. The number of hydrogen-bond donors (Lipinski definition) is 2. The highest BCUT2D eigenvalue weighted by atomic mass is 32.1. The molecule has 0 aromatic heterocycles. The summed E-state index contributed by atoms with van der Waals surface area (Å²) in [7, 11) is 1.55. The number of hydrogen-bond acceptors (Lipinski definition) is 4. The van der Waals surface area contributed by atoms with Crippen molar-refractivity contribution in [1.82, 2.24) is 5.32 Å². The Kier molecular flexibility index (Phi) is 6.14. The lowest BCUT2D eigenvalue weighted by molar-refractivity contribution is -0.121. The fourth-order valence-electron chi connectivity index (χ4n) is 2.03. The molecule has 0 aliphatic carbocycles. The Balaban J connectivity index is 1.85. The van der Waals surface area contributed by atoms with Crippen molar-refractivity contribution < 1.29 is 14.3 Å². The number of methoxy groups -OCH3 is 1. The summed E-state index contributed by atoms with van der Waals surface area (Å²) in [5.41, 5.74) is 3.17. The molecule has 0 atom stereocenters. The number of benzene rings is 2. The number of anilines is 1. The topological polar surface area (TPSA) is 59.6 Å². The molecule has 2 rings (SSSR count). The Hall–Kier alpha value is -2.60. The maximum atomic E-state index is 11.9. The zero-order chi connectivity index (χ0) is 17.5. The van der Waals surface area contributed by atoms with E-state index in [4.69, 9.17) is 21.7 Å². The van der Waals surface area contributed by atoms with Crippen molar-refractivity contribution in [3.8, 4) is 11.5 Å². The number of nitrogens with one attached hydrogen (secondary N) is 2. The summed E-state index contributed by atoms with van der Waals surface area (Å²) in [6.07, 6.45) is 0. The lowest BCUT2D eigenvalue weighted by atomic mass is 10.1. The molecule has 24 heavy (non-hydrogen) atoms. The van der Waals surface area contributed by atoms with Crippen LogP contribution < -0.4 is 20.1 Å². The summed E-state index contributed by atoms with van der Waals surface area (Å²) in [5.74, 6) is 0.728. The number of amides is 1. The first kappa shape index (κ1) is 17.7. The fourth-order valence-corrected chi connectivity index (χ4v) is 2.26. The maximum Gasteiger partial charge on any atom is 0.264 e. The number of para-hydroxylation sites is 2. The third-order valence-electron chi connectivity index (χ3n) is 3.45. The second kappa shape index (κ2) is 8.31. The van der Waals surface area contributed by atoms with Gasteiger partial charge in [-0.1, -0.05) is 18.2 Å². The van der Waals surface area contributed by atoms with Crippen LogP contribution in [0.3, 0.4) is 0 Å². The number of aryl methyl sites for hydroxylation is 2. The number of carbonyl (C=O) groups is 1. The minimum Gasteiger partial charge on any atom is -0.493 e. The smallest absolute Gasteiger partial charge is 0.264 e. The van der Waals surface area contributed by atoms with E-state index in [-0.39, 0.29) is 17.6 Å². The molecule has 2 aromatic carbocycles. The van der Waals surface area contributed by atoms with Crippen molar-refractivity contribution >= 4 is 28.9 Å². The zero-order valence-electron chi connectivity index (χ0n) is 13.9. The van der Waals surface area contributed by atoms with Gasteiger partial charge in [-0.3, -0.25) is 10.1 Å². The fraction of sp³-hybridized carbons (Fsp3) is 0.222. The van der Waals surface area contributed by atoms with Crippen LogP contribution in [-0.4, -0.2) is 24.7 Å². The van der Waals surface area contributed by atoms with E-state index in [2.05, 4.69) is 10.6 Å². The first-order valence-corrected chi connectivity index (χ1v) is 7.84. The number of rotatable bonds is 5. The molecule has 0 aliphatic heterocycles. The molecule has 5 nitrogen and oxygen atoms in total.